The number of nitrogens with one attached hydrogen (secondary N) is 2. The molecular weight excluding hydrogens is 251 g/mol. The third-order valence-electron chi connectivity index (χ3n) is 3.81. The monoisotopic (exact) mass is 270 g/mol. The summed E-state index contributed by atoms with van der Waals surface area (Å²) in [7, 11) is 0. The summed E-state index contributed by atoms with van der Waals surface area (Å²) in [5.41, 5.74) is 4.20. The van der Waals surface area contributed by atoms with Gasteiger partial charge in [-0.2, -0.15) is 0 Å². The van der Waals surface area contributed by atoms with Crippen LogP contribution in [0, 0.1) is 12.7 Å². The van der Waals surface area contributed by atoms with E-state index >= 15 is 0 Å². The van der Waals surface area contributed by atoms with Gasteiger partial charge in [-0.15, -0.1) is 0 Å². The quantitative estimate of drug-likeness (QED) is 0.867. The molecule has 3 rings (SSSR count). The van der Waals surface area contributed by atoms with Crippen LogP contribution in [0.4, 0.5) is 10.1 Å². The topological polar surface area (TPSA) is 24.1 Å². The summed E-state index contributed by atoms with van der Waals surface area (Å²) in [6, 6.07) is 13.7. The van der Waals surface area contributed by atoms with Crippen molar-refractivity contribution in [2.75, 3.05) is 11.9 Å². The molecular formula is C17H19FN2. The molecule has 3 heteroatoms. The maximum absolute atomic E-state index is 13.9. The highest BCUT2D eigenvalue weighted by molar-refractivity contribution is 5.50. The Kier molecular flexibility index (Phi) is 3.70. The normalized spacial score (nSPS) is 18.2. The third-order valence-corrected chi connectivity index (χ3v) is 3.81. The molecule has 0 bridgehead atoms. The van der Waals surface area contributed by atoms with Crippen LogP contribution in [-0.4, -0.2) is 6.54 Å². The number of fused-ring (bicyclic) bond motifs is 1. The molecule has 0 aromatic heterocycles. The second kappa shape index (κ2) is 5.63. The van der Waals surface area contributed by atoms with Crippen LogP contribution in [-0.2, 0) is 6.54 Å². The van der Waals surface area contributed by atoms with Crippen LogP contribution in [0.3, 0.4) is 0 Å². The summed E-state index contributed by atoms with van der Waals surface area (Å²) < 4.78 is 13.9. The zero-order valence-electron chi connectivity index (χ0n) is 11.6. The Morgan fingerprint density at radius 1 is 1.20 bits per heavy atom. The van der Waals surface area contributed by atoms with E-state index in [1.165, 1.54) is 17.2 Å². The molecule has 1 atom stereocenters. The molecule has 0 spiro atoms. The first kappa shape index (κ1) is 13.1. The molecule has 1 heterocycles. The largest absolute Gasteiger partial charge is 0.376 e. The van der Waals surface area contributed by atoms with Gasteiger partial charge in [0.2, 0.25) is 0 Å². The van der Waals surface area contributed by atoms with Crippen molar-refractivity contribution in [2.24, 2.45) is 0 Å². The van der Waals surface area contributed by atoms with Gasteiger partial charge in [-0.3, -0.25) is 0 Å². The lowest BCUT2D eigenvalue weighted by atomic mass is 9.99. The molecule has 2 nitrogen and oxygen atoms in total. The lowest BCUT2D eigenvalue weighted by Crippen LogP contribution is -2.15. The zero-order chi connectivity index (χ0) is 13.9. The molecule has 104 valence electrons. The highest BCUT2D eigenvalue weighted by Crippen LogP contribution is 2.28. The van der Waals surface area contributed by atoms with E-state index in [1.54, 1.807) is 6.07 Å². The summed E-state index contributed by atoms with van der Waals surface area (Å²) in [6.45, 7) is 3.79. The van der Waals surface area contributed by atoms with Gasteiger partial charge in [-0.05, 0) is 48.7 Å². The van der Waals surface area contributed by atoms with Crippen molar-refractivity contribution in [1.29, 1.82) is 0 Å². The Morgan fingerprint density at radius 2 is 2.05 bits per heavy atom. The van der Waals surface area contributed by atoms with Gasteiger partial charge in [0.25, 0.3) is 0 Å². The van der Waals surface area contributed by atoms with Gasteiger partial charge in [-0.25, -0.2) is 4.39 Å². The van der Waals surface area contributed by atoms with Crippen molar-refractivity contribution in [3.05, 3.63) is 65.0 Å². The minimum absolute atomic E-state index is 0.150. The fourth-order valence-corrected chi connectivity index (χ4v) is 2.75. The Bertz CT molecular complexity index is 610. The van der Waals surface area contributed by atoms with E-state index in [9.17, 15) is 4.39 Å². The van der Waals surface area contributed by atoms with Crippen LogP contribution < -0.4 is 10.6 Å². The molecule has 0 fully saturated rings. The first-order valence-electron chi connectivity index (χ1n) is 7.05. The van der Waals surface area contributed by atoms with Crippen LogP contribution in [0.1, 0.15) is 29.2 Å². The molecule has 0 radical (unpaired) electrons. The average molecular weight is 270 g/mol. The van der Waals surface area contributed by atoms with Crippen LogP contribution >= 0.6 is 0 Å². The van der Waals surface area contributed by atoms with Gasteiger partial charge in [0, 0.05) is 6.54 Å². The van der Waals surface area contributed by atoms with Crippen molar-refractivity contribution < 1.29 is 4.39 Å². The summed E-state index contributed by atoms with van der Waals surface area (Å²) in [6.07, 6.45) is 0.949. The predicted molar refractivity (Wildman–Crippen MR) is 80.3 cm³/mol. The fraction of sp³-hybridized carbons (Fsp3) is 0.294. The molecule has 1 unspecified atom stereocenters. The molecule has 2 aromatic carbocycles. The van der Waals surface area contributed by atoms with Crippen molar-refractivity contribution in [1.82, 2.24) is 5.32 Å². The number of benzene rings is 2. The van der Waals surface area contributed by atoms with E-state index in [1.807, 2.05) is 19.1 Å². The van der Waals surface area contributed by atoms with Crippen molar-refractivity contribution in [2.45, 2.75) is 25.9 Å². The van der Waals surface area contributed by atoms with Crippen molar-refractivity contribution >= 4 is 5.69 Å². The average Bonchev–Trinajstić information content (AvgIpc) is 2.66. The summed E-state index contributed by atoms with van der Waals surface area (Å²) in [5, 5.41) is 6.78. The number of anilines is 1. The highest BCUT2D eigenvalue weighted by atomic mass is 19.1. The predicted octanol–water partition coefficient (Wildman–Crippen LogP) is 3.78. The molecule has 1 aliphatic rings. The van der Waals surface area contributed by atoms with Crippen LogP contribution in [0.5, 0.6) is 0 Å². The van der Waals surface area contributed by atoms with Crippen molar-refractivity contribution in [3.63, 3.8) is 0 Å². The third kappa shape index (κ3) is 2.68. The second-order valence-electron chi connectivity index (χ2n) is 5.34. The van der Waals surface area contributed by atoms with Crippen LogP contribution in [0.15, 0.2) is 42.5 Å². The van der Waals surface area contributed by atoms with E-state index in [-0.39, 0.29) is 11.9 Å². The number of halogens is 1. The van der Waals surface area contributed by atoms with E-state index in [4.69, 9.17) is 0 Å². The van der Waals surface area contributed by atoms with E-state index in [0.29, 0.717) is 5.69 Å². The van der Waals surface area contributed by atoms with Gasteiger partial charge in [0.1, 0.15) is 5.82 Å². The summed E-state index contributed by atoms with van der Waals surface area (Å²) in [4.78, 5) is 0. The van der Waals surface area contributed by atoms with Crippen LogP contribution in [0.2, 0.25) is 0 Å². The first-order chi connectivity index (χ1) is 9.74. The van der Waals surface area contributed by atoms with Gasteiger partial charge < -0.3 is 10.6 Å². The van der Waals surface area contributed by atoms with Crippen molar-refractivity contribution in [3.8, 4) is 0 Å². The highest BCUT2D eigenvalue weighted by Gasteiger charge is 2.18. The Morgan fingerprint density at radius 3 is 2.95 bits per heavy atom. The van der Waals surface area contributed by atoms with E-state index in [0.717, 1.165) is 25.1 Å². The Hall–Kier alpha value is -1.87. The standard InChI is InChI=1S/C17H19FN2/c1-12-6-7-15(18)17(10-12)20-16-8-9-19-11-13-4-2-3-5-14(13)16/h2-7,10,16,19-20H,8-9,11H2,1H3. The fourth-order valence-electron chi connectivity index (χ4n) is 2.75. The summed E-state index contributed by atoms with van der Waals surface area (Å²) >= 11 is 0. The van der Waals surface area contributed by atoms with Gasteiger partial charge in [0.05, 0.1) is 11.7 Å². The molecule has 2 aromatic rings. The van der Waals surface area contributed by atoms with E-state index < -0.39 is 0 Å². The molecule has 2 N–H and O–H groups in total. The molecule has 1 aliphatic heterocycles. The number of aryl methyl sites for hydroxylation is 1. The Balaban J connectivity index is 1.92. The van der Waals surface area contributed by atoms with Gasteiger partial charge >= 0.3 is 0 Å². The van der Waals surface area contributed by atoms with Gasteiger partial charge in [0.15, 0.2) is 0 Å². The number of hydrogen-bond donors (Lipinski definition) is 2. The molecule has 20 heavy (non-hydrogen) atoms. The maximum atomic E-state index is 13.9. The lowest BCUT2D eigenvalue weighted by Gasteiger charge is -2.21. The molecule has 0 aliphatic carbocycles. The maximum Gasteiger partial charge on any atom is 0.146 e. The number of rotatable bonds is 2. The molecule has 0 saturated heterocycles. The first-order valence-corrected chi connectivity index (χ1v) is 7.05. The lowest BCUT2D eigenvalue weighted by molar-refractivity contribution is 0.611. The minimum atomic E-state index is -0.190. The minimum Gasteiger partial charge on any atom is -0.376 e. The number of hydrogen-bond acceptors (Lipinski definition) is 2. The SMILES string of the molecule is Cc1ccc(F)c(NC2CCNCc3ccccc32)c1. The van der Waals surface area contributed by atoms with E-state index in [2.05, 4.69) is 28.8 Å². The smallest absolute Gasteiger partial charge is 0.146 e. The summed E-state index contributed by atoms with van der Waals surface area (Å²) in [5.74, 6) is -0.190. The second-order valence-corrected chi connectivity index (χ2v) is 5.34. The zero-order valence-corrected chi connectivity index (χ0v) is 11.6. The molecule has 0 amide bonds. The Labute approximate surface area is 119 Å². The van der Waals surface area contributed by atoms with Crippen LogP contribution in [0.25, 0.3) is 0 Å². The van der Waals surface area contributed by atoms with Gasteiger partial charge in [-0.1, -0.05) is 30.3 Å². The molecule has 0 saturated carbocycles.